The fraction of sp³-hybridized carbons (Fsp3) is 0.538. The zero-order chi connectivity index (χ0) is 13.9. The summed E-state index contributed by atoms with van der Waals surface area (Å²) in [6.45, 7) is 3.15. The van der Waals surface area contributed by atoms with Crippen molar-refractivity contribution in [2.75, 3.05) is 24.7 Å². The minimum absolute atomic E-state index is 0.125. The topological polar surface area (TPSA) is 58.2 Å². The zero-order valence-electron chi connectivity index (χ0n) is 11.3. The van der Waals surface area contributed by atoms with Crippen LogP contribution in [0.25, 0.3) is 0 Å². The Hall–Kier alpha value is -0.720. The van der Waals surface area contributed by atoms with Gasteiger partial charge in [0.2, 0.25) is 10.0 Å². The third-order valence-corrected chi connectivity index (χ3v) is 6.25. The van der Waals surface area contributed by atoms with Crippen LogP contribution in [0, 0.1) is 0 Å². The van der Waals surface area contributed by atoms with Crippen molar-refractivity contribution in [2.24, 2.45) is 0 Å². The number of sulfonamides is 1. The van der Waals surface area contributed by atoms with Gasteiger partial charge in [-0.3, -0.25) is 0 Å². The van der Waals surface area contributed by atoms with Crippen LogP contribution in [0.4, 0.5) is 5.69 Å². The van der Waals surface area contributed by atoms with Gasteiger partial charge in [-0.05, 0) is 38.2 Å². The first-order valence-corrected chi connectivity index (χ1v) is 9.11. The van der Waals surface area contributed by atoms with Crippen LogP contribution in [-0.2, 0) is 10.0 Å². The van der Waals surface area contributed by atoms with Gasteiger partial charge in [0.15, 0.2) is 0 Å². The Morgan fingerprint density at radius 3 is 2.58 bits per heavy atom. The second-order valence-corrected chi connectivity index (χ2v) is 7.75. The van der Waals surface area contributed by atoms with Crippen molar-refractivity contribution in [3.63, 3.8) is 0 Å². The molecule has 0 spiro atoms. The summed E-state index contributed by atoms with van der Waals surface area (Å²) in [4.78, 5) is 0.328. The van der Waals surface area contributed by atoms with Crippen molar-refractivity contribution in [1.82, 2.24) is 4.72 Å². The molecule has 106 valence electrons. The summed E-state index contributed by atoms with van der Waals surface area (Å²) in [6.07, 6.45) is 4.21. The third-order valence-electron chi connectivity index (χ3n) is 3.37. The Labute approximate surface area is 119 Å². The van der Waals surface area contributed by atoms with Crippen LogP contribution in [0.1, 0.15) is 19.8 Å². The molecule has 0 amide bonds. The molecule has 1 aromatic carbocycles. The SMILES string of the molecule is CCNc1ccccc1S(=O)(=O)NCC1(SC)CC1. The molecule has 1 aliphatic carbocycles. The van der Waals surface area contributed by atoms with E-state index in [1.54, 1.807) is 30.0 Å². The molecule has 2 rings (SSSR count). The highest BCUT2D eigenvalue weighted by atomic mass is 32.2. The lowest BCUT2D eigenvalue weighted by molar-refractivity contribution is 0.580. The number of rotatable bonds is 7. The number of benzene rings is 1. The first kappa shape index (κ1) is 14.7. The Morgan fingerprint density at radius 2 is 2.00 bits per heavy atom. The van der Waals surface area contributed by atoms with Crippen LogP contribution in [0.2, 0.25) is 0 Å². The van der Waals surface area contributed by atoms with Gasteiger partial charge >= 0.3 is 0 Å². The van der Waals surface area contributed by atoms with Crippen molar-refractivity contribution in [2.45, 2.75) is 29.4 Å². The Morgan fingerprint density at radius 1 is 1.32 bits per heavy atom. The predicted molar refractivity (Wildman–Crippen MR) is 81.3 cm³/mol. The molecule has 0 bridgehead atoms. The van der Waals surface area contributed by atoms with Crippen LogP contribution in [-0.4, -0.2) is 32.5 Å². The van der Waals surface area contributed by atoms with Crippen LogP contribution >= 0.6 is 11.8 Å². The summed E-state index contributed by atoms with van der Waals surface area (Å²) in [5.41, 5.74) is 0.659. The maximum atomic E-state index is 12.4. The first-order chi connectivity index (χ1) is 9.03. The van der Waals surface area contributed by atoms with Crippen LogP contribution in [0.15, 0.2) is 29.2 Å². The van der Waals surface area contributed by atoms with Gasteiger partial charge in [0.05, 0.1) is 5.69 Å². The Kier molecular flexibility index (Phi) is 4.43. The van der Waals surface area contributed by atoms with Gasteiger partial charge in [0, 0.05) is 17.8 Å². The van der Waals surface area contributed by atoms with Gasteiger partial charge in [-0.1, -0.05) is 12.1 Å². The fourth-order valence-corrected chi connectivity index (χ4v) is 4.06. The molecule has 0 aliphatic heterocycles. The molecule has 1 saturated carbocycles. The number of nitrogens with one attached hydrogen (secondary N) is 2. The van der Waals surface area contributed by atoms with Crippen molar-refractivity contribution in [3.8, 4) is 0 Å². The number of hydrogen-bond acceptors (Lipinski definition) is 4. The van der Waals surface area contributed by atoms with E-state index in [1.807, 2.05) is 19.2 Å². The average molecular weight is 300 g/mol. The van der Waals surface area contributed by atoms with E-state index in [2.05, 4.69) is 10.0 Å². The highest BCUT2D eigenvalue weighted by Gasteiger charge is 2.42. The number of anilines is 1. The summed E-state index contributed by atoms with van der Waals surface area (Å²) in [7, 11) is -3.44. The standard InChI is InChI=1S/C13H20N2O2S2/c1-3-14-11-6-4-5-7-12(11)19(16,17)15-10-13(18-2)8-9-13/h4-7,14-15H,3,8-10H2,1-2H3. The molecule has 0 atom stereocenters. The van der Waals surface area contributed by atoms with Gasteiger partial charge in [-0.25, -0.2) is 13.1 Å². The summed E-state index contributed by atoms with van der Waals surface area (Å²) < 4.78 is 27.6. The van der Waals surface area contributed by atoms with Crippen molar-refractivity contribution >= 4 is 27.5 Å². The van der Waals surface area contributed by atoms with Gasteiger partial charge in [-0.2, -0.15) is 11.8 Å². The van der Waals surface area contributed by atoms with Crippen molar-refractivity contribution in [3.05, 3.63) is 24.3 Å². The summed E-state index contributed by atoms with van der Waals surface area (Å²) in [5.74, 6) is 0. The highest BCUT2D eigenvalue weighted by Crippen LogP contribution is 2.46. The van der Waals surface area contributed by atoms with Crippen LogP contribution in [0.3, 0.4) is 0 Å². The largest absolute Gasteiger partial charge is 0.384 e. The monoisotopic (exact) mass is 300 g/mol. The fourth-order valence-electron chi connectivity index (χ4n) is 1.93. The van der Waals surface area contributed by atoms with Crippen molar-refractivity contribution in [1.29, 1.82) is 0 Å². The molecule has 0 aromatic heterocycles. The van der Waals surface area contributed by atoms with E-state index in [9.17, 15) is 8.42 Å². The molecular weight excluding hydrogens is 280 g/mol. The van der Waals surface area contributed by atoms with Crippen molar-refractivity contribution < 1.29 is 8.42 Å². The lowest BCUT2D eigenvalue weighted by atomic mass is 10.3. The Bertz CT molecular complexity index is 539. The van der Waals surface area contributed by atoms with E-state index in [1.165, 1.54) is 0 Å². The molecule has 0 radical (unpaired) electrons. The van der Waals surface area contributed by atoms with E-state index >= 15 is 0 Å². The molecule has 19 heavy (non-hydrogen) atoms. The molecule has 4 nitrogen and oxygen atoms in total. The normalized spacial score (nSPS) is 17.2. The zero-order valence-corrected chi connectivity index (χ0v) is 12.9. The lowest BCUT2D eigenvalue weighted by Gasteiger charge is -2.15. The molecule has 0 saturated heterocycles. The average Bonchev–Trinajstić information content (AvgIpc) is 3.18. The highest BCUT2D eigenvalue weighted by molar-refractivity contribution is 8.00. The Balaban J connectivity index is 2.15. The summed E-state index contributed by atoms with van der Waals surface area (Å²) in [6, 6.07) is 7.01. The predicted octanol–water partition coefficient (Wildman–Crippen LogP) is 2.29. The van der Waals surface area contributed by atoms with Gasteiger partial charge in [0.25, 0.3) is 0 Å². The third kappa shape index (κ3) is 3.43. The second-order valence-electron chi connectivity index (χ2n) is 4.74. The molecular formula is C13H20N2O2S2. The minimum atomic E-state index is -3.44. The van der Waals surface area contributed by atoms with Gasteiger partial charge in [-0.15, -0.1) is 0 Å². The van der Waals surface area contributed by atoms with E-state index in [4.69, 9.17) is 0 Å². The molecule has 1 aliphatic rings. The molecule has 6 heteroatoms. The van der Waals surface area contributed by atoms with Crippen LogP contribution < -0.4 is 10.0 Å². The van der Waals surface area contributed by atoms with Crippen LogP contribution in [0.5, 0.6) is 0 Å². The molecule has 0 unspecified atom stereocenters. The molecule has 2 N–H and O–H groups in total. The van der Waals surface area contributed by atoms with Gasteiger partial charge in [0.1, 0.15) is 4.90 Å². The molecule has 1 fully saturated rings. The molecule has 1 aromatic rings. The number of hydrogen-bond donors (Lipinski definition) is 2. The van der Waals surface area contributed by atoms with E-state index in [0.29, 0.717) is 23.7 Å². The summed E-state index contributed by atoms with van der Waals surface area (Å²) >= 11 is 1.75. The smallest absolute Gasteiger partial charge is 0.242 e. The summed E-state index contributed by atoms with van der Waals surface area (Å²) in [5, 5.41) is 3.08. The van der Waals surface area contributed by atoms with Gasteiger partial charge < -0.3 is 5.32 Å². The second kappa shape index (κ2) is 5.73. The van der Waals surface area contributed by atoms with E-state index in [-0.39, 0.29) is 4.75 Å². The number of thioether (sulfide) groups is 1. The maximum absolute atomic E-state index is 12.4. The van der Waals surface area contributed by atoms with E-state index in [0.717, 1.165) is 12.8 Å². The first-order valence-electron chi connectivity index (χ1n) is 6.41. The number of para-hydroxylation sites is 1. The maximum Gasteiger partial charge on any atom is 0.242 e. The minimum Gasteiger partial charge on any atom is -0.384 e. The lowest BCUT2D eigenvalue weighted by Crippen LogP contribution is -2.32. The quantitative estimate of drug-likeness (QED) is 0.811. The van der Waals surface area contributed by atoms with E-state index < -0.39 is 10.0 Å². The molecule has 0 heterocycles.